The quantitative estimate of drug-likeness (QED) is 0.681. The van der Waals surface area contributed by atoms with E-state index in [0.717, 1.165) is 21.4 Å². The first kappa shape index (κ1) is 11.5. The first-order chi connectivity index (χ1) is 8.81. The molecule has 0 unspecified atom stereocenters. The van der Waals surface area contributed by atoms with Crippen LogP contribution in [-0.2, 0) is 6.54 Å². The SMILES string of the molecule is Ic1cnn(Cc2cnn(-c3ccccc3)c2)c1. The summed E-state index contributed by atoms with van der Waals surface area (Å²) in [5.41, 5.74) is 2.21. The molecule has 2 aromatic heterocycles. The van der Waals surface area contributed by atoms with Crippen molar-refractivity contribution >= 4 is 22.6 Å². The van der Waals surface area contributed by atoms with Gasteiger partial charge in [-0.15, -0.1) is 0 Å². The van der Waals surface area contributed by atoms with Crippen molar-refractivity contribution in [1.82, 2.24) is 19.6 Å². The molecule has 0 saturated carbocycles. The first-order valence-corrected chi connectivity index (χ1v) is 6.66. The van der Waals surface area contributed by atoms with Gasteiger partial charge in [-0.05, 0) is 34.7 Å². The highest BCUT2D eigenvalue weighted by molar-refractivity contribution is 14.1. The lowest BCUT2D eigenvalue weighted by Gasteiger charge is -1.99. The molecule has 5 heteroatoms. The largest absolute Gasteiger partial charge is 0.267 e. The molecule has 0 fully saturated rings. The first-order valence-electron chi connectivity index (χ1n) is 5.58. The summed E-state index contributed by atoms with van der Waals surface area (Å²) in [4.78, 5) is 0. The summed E-state index contributed by atoms with van der Waals surface area (Å²) in [7, 11) is 0. The molecule has 0 saturated heterocycles. The molecule has 0 radical (unpaired) electrons. The van der Waals surface area contributed by atoms with Crippen molar-refractivity contribution in [3.05, 3.63) is 64.3 Å². The van der Waals surface area contributed by atoms with Crippen molar-refractivity contribution < 1.29 is 0 Å². The zero-order chi connectivity index (χ0) is 12.4. The van der Waals surface area contributed by atoms with E-state index in [1.54, 1.807) is 0 Å². The van der Waals surface area contributed by atoms with Crippen LogP contribution in [0.1, 0.15) is 5.56 Å². The maximum absolute atomic E-state index is 4.36. The molecule has 0 amide bonds. The molecule has 0 aliphatic rings. The molecule has 3 rings (SSSR count). The van der Waals surface area contributed by atoms with Crippen LogP contribution in [0.3, 0.4) is 0 Å². The van der Waals surface area contributed by atoms with Gasteiger partial charge in [-0.1, -0.05) is 18.2 Å². The number of benzene rings is 1. The van der Waals surface area contributed by atoms with Gasteiger partial charge in [0, 0.05) is 18.0 Å². The normalized spacial score (nSPS) is 10.7. The van der Waals surface area contributed by atoms with E-state index in [1.807, 2.05) is 64.5 Å². The molecular formula is C13H11IN4. The van der Waals surface area contributed by atoms with Crippen molar-refractivity contribution in [1.29, 1.82) is 0 Å². The molecule has 0 atom stereocenters. The predicted molar refractivity (Wildman–Crippen MR) is 77.6 cm³/mol. The van der Waals surface area contributed by atoms with E-state index >= 15 is 0 Å². The summed E-state index contributed by atoms with van der Waals surface area (Å²) in [5.74, 6) is 0. The van der Waals surface area contributed by atoms with E-state index in [2.05, 4.69) is 32.8 Å². The fraction of sp³-hybridized carbons (Fsp3) is 0.0769. The number of halogens is 1. The standard InChI is InChI=1S/C13H11IN4/c14-12-7-15-17(10-12)8-11-6-16-18(9-11)13-4-2-1-3-5-13/h1-7,9-10H,8H2. The topological polar surface area (TPSA) is 35.6 Å². The lowest BCUT2D eigenvalue weighted by molar-refractivity contribution is 0.686. The Bertz CT molecular complexity index is 642. The van der Waals surface area contributed by atoms with Crippen LogP contribution in [0.25, 0.3) is 5.69 Å². The Morgan fingerprint density at radius 1 is 1.00 bits per heavy atom. The highest BCUT2D eigenvalue weighted by Crippen LogP contribution is 2.09. The highest BCUT2D eigenvalue weighted by Gasteiger charge is 2.02. The highest BCUT2D eigenvalue weighted by atomic mass is 127. The number of para-hydroxylation sites is 1. The lowest BCUT2D eigenvalue weighted by atomic mass is 10.3. The molecular weight excluding hydrogens is 339 g/mol. The Kier molecular flexibility index (Phi) is 3.14. The lowest BCUT2D eigenvalue weighted by Crippen LogP contribution is -1.98. The van der Waals surface area contributed by atoms with Crippen LogP contribution in [0.5, 0.6) is 0 Å². The fourth-order valence-corrected chi connectivity index (χ4v) is 2.22. The summed E-state index contributed by atoms with van der Waals surface area (Å²) < 4.78 is 4.93. The Hall–Kier alpha value is -1.63. The molecule has 2 heterocycles. The fourth-order valence-electron chi connectivity index (χ4n) is 1.78. The second-order valence-electron chi connectivity index (χ2n) is 3.98. The minimum Gasteiger partial charge on any atom is -0.267 e. The second-order valence-corrected chi connectivity index (χ2v) is 5.23. The van der Waals surface area contributed by atoms with Crippen molar-refractivity contribution in [2.24, 2.45) is 0 Å². The Morgan fingerprint density at radius 3 is 2.56 bits per heavy atom. The monoisotopic (exact) mass is 350 g/mol. The van der Waals surface area contributed by atoms with E-state index < -0.39 is 0 Å². The molecule has 0 N–H and O–H groups in total. The second kappa shape index (κ2) is 4.93. The summed E-state index contributed by atoms with van der Waals surface area (Å²) in [6.07, 6.45) is 7.77. The van der Waals surface area contributed by atoms with Crippen LogP contribution in [0.2, 0.25) is 0 Å². The summed E-state index contributed by atoms with van der Waals surface area (Å²) in [6, 6.07) is 10.1. The third-order valence-corrected chi connectivity index (χ3v) is 3.16. The van der Waals surface area contributed by atoms with Gasteiger partial charge in [0.15, 0.2) is 0 Å². The molecule has 90 valence electrons. The zero-order valence-corrected chi connectivity index (χ0v) is 11.7. The van der Waals surface area contributed by atoms with Crippen LogP contribution in [0.4, 0.5) is 0 Å². The van der Waals surface area contributed by atoms with Gasteiger partial charge < -0.3 is 0 Å². The van der Waals surface area contributed by atoms with E-state index in [0.29, 0.717) is 0 Å². The molecule has 1 aromatic carbocycles. The van der Waals surface area contributed by atoms with Gasteiger partial charge in [0.1, 0.15) is 0 Å². The number of rotatable bonds is 3. The van der Waals surface area contributed by atoms with Crippen molar-refractivity contribution in [3.63, 3.8) is 0 Å². The summed E-state index contributed by atoms with van der Waals surface area (Å²) >= 11 is 2.25. The molecule has 0 bridgehead atoms. The van der Waals surface area contributed by atoms with Crippen LogP contribution in [0.15, 0.2) is 55.1 Å². The van der Waals surface area contributed by atoms with Gasteiger partial charge in [-0.3, -0.25) is 4.68 Å². The number of hydrogen-bond donors (Lipinski definition) is 0. The average molecular weight is 350 g/mol. The van der Waals surface area contributed by atoms with Crippen LogP contribution < -0.4 is 0 Å². The number of nitrogens with zero attached hydrogens (tertiary/aromatic N) is 4. The third kappa shape index (κ3) is 2.45. The predicted octanol–water partition coefficient (Wildman–Crippen LogP) is 2.72. The van der Waals surface area contributed by atoms with Crippen molar-refractivity contribution in [3.8, 4) is 5.69 Å². The zero-order valence-electron chi connectivity index (χ0n) is 9.57. The van der Waals surface area contributed by atoms with Crippen molar-refractivity contribution in [2.45, 2.75) is 6.54 Å². The minimum absolute atomic E-state index is 0.746. The molecule has 4 nitrogen and oxygen atoms in total. The maximum atomic E-state index is 4.36. The van der Waals surface area contributed by atoms with Gasteiger partial charge in [-0.25, -0.2) is 4.68 Å². The third-order valence-electron chi connectivity index (χ3n) is 2.60. The maximum Gasteiger partial charge on any atom is 0.0690 e. The van der Waals surface area contributed by atoms with Gasteiger partial charge >= 0.3 is 0 Å². The van der Waals surface area contributed by atoms with Gasteiger partial charge in [-0.2, -0.15) is 10.2 Å². The average Bonchev–Trinajstić information content (AvgIpc) is 3.01. The Morgan fingerprint density at radius 2 is 1.83 bits per heavy atom. The van der Waals surface area contributed by atoms with Crippen molar-refractivity contribution in [2.75, 3.05) is 0 Å². The summed E-state index contributed by atoms with van der Waals surface area (Å²) in [5, 5.41) is 8.63. The van der Waals surface area contributed by atoms with Gasteiger partial charge in [0.2, 0.25) is 0 Å². The molecule has 0 spiro atoms. The number of aromatic nitrogens is 4. The Labute approximate surface area is 118 Å². The van der Waals surface area contributed by atoms with Crippen LogP contribution in [-0.4, -0.2) is 19.6 Å². The smallest absolute Gasteiger partial charge is 0.0690 e. The molecule has 0 aliphatic heterocycles. The van der Waals surface area contributed by atoms with E-state index in [1.165, 1.54) is 0 Å². The molecule has 3 aromatic rings. The minimum atomic E-state index is 0.746. The molecule has 0 aliphatic carbocycles. The van der Waals surface area contributed by atoms with E-state index in [-0.39, 0.29) is 0 Å². The van der Waals surface area contributed by atoms with Crippen LogP contribution in [0, 0.1) is 3.57 Å². The number of hydrogen-bond acceptors (Lipinski definition) is 2. The Balaban J connectivity index is 1.82. The van der Waals surface area contributed by atoms with Gasteiger partial charge in [0.25, 0.3) is 0 Å². The van der Waals surface area contributed by atoms with Crippen LogP contribution >= 0.6 is 22.6 Å². The summed E-state index contributed by atoms with van der Waals surface area (Å²) in [6.45, 7) is 0.746. The van der Waals surface area contributed by atoms with E-state index in [4.69, 9.17) is 0 Å². The molecule has 18 heavy (non-hydrogen) atoms. The van der Waals surface area contributed by atoms with E-state index in [9.17, 15) is 0 Å². The van der Waals surface area contributed by atoms with Gasteiger partial charge in [0.05, 0.1) is 28.2 Å².